The maximum atomic E-state index is 2.51. The van der Waals surface area contributed by atoms with Gasteiger partial charge >= 0.3 is 0 Å². The number of benzene rings is 11. The van der Waals surface area contributed by atoms with Crippen LogP contribution in [0.5, 0.6) is 0 Å². The SMILES string of the molecule is CC1(C)c2cc(-c3ccc4ccccc4c3)ccc2-c2ccc(N(c3ccc4c(c3)-c3ccccc3C4(c3ccccc3)c3ccccc3)c3ccccc3-c3ccc(-c4ccccc4)cc3)cc21. The van der Waals surface area contributed by atoms with Crippen molar-refractivity contribution in [2.45, 2.75) is 24.7 Å². The summed E-state index contributed by atoms with van der Waals surface area (Å²) in [6.07, 6.45) is 0. The molecule has 0 aliphatic heterocycles. The summed E-state index contributed by atoms with van der Waals surface area (Å²) in [5.41, 5.74) is 22.8. The van der Waals surface area contributed by atoms with E-state index < -0.39 is 5.41 Å². The molecule has 1 heteroatoms. The van der Waals surface area contributed by atoms with Crippen LogP contribution in [0.4, 0.5) is 17.1 Å². The minimum absolute atomic E-state index is 0.242. The molecule has 0 unspecified atom stereocenters. The molecule has 11 aromatic carbocycles. The predicted octanol–water partition coefficient (Wildman–Crippen LogP) is 18.0. The van der Waals surface area contributed by atoms with Crippen molar-refractivity contribution in [1.82, 2.24) is 0 Å². The van der Waals surface area contributed by atoms with Gasteiger partial charge in [-0.25, -0.2) is 0 Å². The van der Waals surface area contributed by atoms with Gasteiger partial charge in [0.15, 0.2) is 0 Å². The monoisotopic (exact) mass is 879 g/mol. The number of para-hydroxylation sites is 1. The second kappa shape index (κ2) is 16.1. The summed E-state index contributed by atoms with van der Waals surface area (Å²) < 4.78 is 0. The predicted molar refractivity (Wildman–Crippen MR) is 290 cm³/mol. The van der Waals surface area contributed by atoms with Gasteiger partial charge in [-0.1, -0.05) is 232 Å². The van der Waals surface area contributed by atoms with Gasteiger partial charge in [0.05, 0.1) is 11.1 Å². The third-order valence-electron chi connectivity index (χ3n) is 15.1. The lowest BCUT2D eigenvalue weighted by molar-refractivity contribution is 0.660. The summed E-state index contributed by atoms with van der Waals surface area (Å²) >= 11 is 0. The summed E-state index contributed by atoms with van der Waals surface area (Å²) in [6, 6.07) is 96.8. The van der Waals surface area contributed by atoms with Crippen LogP contribution in [0.3, 0.4) is 0 Å². The molecule has 1 nitrogen and oxygen atoms in total. The van der Waals surface area contributed by atoms with Crippen LogP contribution in [0.25, 0.3) is 66.4 Å². The van der Waals surface area contributed by atoms with Gasteiger partial charge in [-0.15, -0.1) is 0 Å². The molecular formula is C68H49N. The minimum Gasteiger partial charge on any atom is -0.310 e. The Balaban J connectivity index is 0.993. The molecule has 0 atom stereocenters. The van der Waals surface area contributed by atoms with Crippen LogP contribution in [-0.2, 0) is 10.8 Å². The first-order valence-corrected chi connectivity index (χ1v) is 24.2. The molecule has 0 N–H and O–H groups in total. The van der Waals surface area contributed by atoms with E-state index in [1.807, 2.05) is 0 Å². The highest BCUT2D eigenvalue weighted by atomic mass is 15.1. The standard InChI is InChI=1S/C68H49N/c1-67(2)64-43-52(51-35-32-47-20-12-13-21-50(47)42-51)36-39-59(64)60-40-37-56(45-65(60)67)69(66-29-17-15-26-57(66)49-33-30-48(31-34-49)46-18-6-3-7-19-46)55-38-41-63-61(44-55)58-27-14-16-28-62(58)68(63,53-22-8-4-9-23-53)54-24-10-5-11-25-54/h3-45H,1-2H3. The van der Waals surface area contributed by atoms with Crippen molar-refractivity contribution in [2.75, 3.05) is 4.90 Å². The molecule has 11 aromatic rings. The highest BCUT2D eigenvalue weighted by Gasteiger charge is 2.46. The Hall–Kier alpha value is -8.52. The minimum atomic E-state index is -0.481. The summed E-state index contributed by atoms with van der Waals surface area (Å²) in [6.45, 7) is 4.80. The molecule has 326 valence electrons. The number of hydrogen-bond acceptors (Lipinski definition) is 1. The average Bonchev–Trinajstić information content (AvgIpc) is 3.84. The van der Waals surface area contributed by atoms with E-state index in [1.165, 1.54) is 99.8 Å². The zero-order valence-corrected chi connectivity index (χ0v) is 38.8. The quantitative estimate of drug-likeness (QED) is 0.147. The first-order chi connectivity index (χ1) is 34.0. The van der Waals surface area contributed by atoms with E-state index in [4.69, 9.17) is 0 Å². The molecule has 0 fully saturated rings. The Kier molecular flexibility index (Phi) is 9.49. The third-order valence-corrected chi connectivity index (χ3v) is 15.1. The number of fused-ring (bicyclic) bond motifs is 7. The van der Waals surface area contributed by atoms with E-state index in [2.05, 4.69) is 280 Å². The highest BCUT2D eigenvalue weighted by molar-refractivity contribution is 5.95. The Morgan fingerprint density at radius 2 is 0.754 bits per heavy atom. The average molecular weight is 880 g/mol. The molecular weight excluding hydrogens is 831 g/mol. The van der Waals surface area contributed by atoms with E-state index >= 15 is 0 Å². The van der Waals surface area contributed by atoms with Gasteiger partial charge in [0.25, 0.3) is 0 Å². The number of rotatable bonds is 8. The molecule has 0 heterocycles. The lowest BCUT2D eigenvalue weighted by Gasteiger charge is -2.34. The summed E-state index contributed by atoms with van der Waals surface area (Å²) in [5.74, 6) is 0. The fraction of sp³-hybridized carbons (Fsp3) is 0.0588. The van der Waals surface area contributed by atoms with Crippen molar-refractivity contribution >= 4 is 27.8 Å². The van der Waals surface area contributed by atoms with Crippen LogP contribution >= 0.6 is 0 Å². The van der Waals surface area contributed by atoms with Crippen LogP contribution in [0.2, 0.25) is 0 Å². The maximum Gasteiger partial charge on any atom is 0.0713 e. The number of nitrogens with zero attached hydrogens (tertiary/aromatic N) is 1. The van der Waals surface area contributed by atoms with Gasteiger partial charge in [-0.05, 0) is 137 Å². The van der Waals surface area contributed by atoms with Crippen molar-refractivity contribution in [1.29, 1.82) is 0 Å². The van der Waals surface area contributed by atoms with Gasteiger partial charge in [-0.2, -0.15) is 0 Å². The number of hydrogen-bond donors (Lipinski definition) is 0. The third kappa shape index (κ3) is 6.46. The molecule has 0 saturated heterocycles. The lowest BCUT2D eigenvalue weighted by Crippen LogP contribution is -2.28. The van der Waals surface area contributed by atoms with E-state index in [0.717, 1.165) is 17.1 Å². The smallest absolute Gasteiger partial charge is 0.0713 e. The molecule has 0 amide bonds. The number of anilines is 3. The molecule has 0 bridgehead atoms. The van der Waals surface area contributed by atoms with Crippen LogP contribution in [0.1, 0.15) is 47.2 Å². The molecule has 0 spiro atoms. The first-order valence-electron chi connectivity index (χ1n) is 24.2. The van der Waals surface area contributed by atoms with Crippen LogP contribution in [0.15, 0.2) is 261 Å². The van der Waals surface area contributed by atoms with E-state index in [1.54, 1.807) is 0 Å². The lowest BCUT2D eigenvalue weighted by atomic mass is 9.68. The summed E-state index contributed by atoms with van der Waals surface area (Å²) in [5, 5.41) is 2.52. The zero-order chi connectivity index (χ0) is 46.1. The molecule has 0 saturated carbocycles. The van der Waals surface area contributed by atoms with E-state index in [-0.39, 0.29) is 5.41 Å². The largest absolute Gasteiger partial charge is 0.310 e. The Labute approximate surface area is 405 Å². The van der Waals surface area contributed by atoms with Crippen molar-refractivity contribution in [3.05, 3.63) is 294 Å². The van der Waals surface area contributed by atoms with Gasteiger partial charge in [0.1, 0.15) is 0 Å². The second-order valence-corrected chi connectivity index (χ2v) is 19.2. The van der Waals surface area contributed by atoms with E-state index in [0.29, 0.717) is 0 Å². The maximum absolute atomic E-state index is 2.51. The normalized spacial score (nSPS) is 13.6. The fourth-order valence-electron chi connectivity index (χ4n) is 11.8. The fourth-order valence-corrected chi connectivity index (χ4v) is 11.8. The van der Waals surface area contributed by atoms with Gasteiger partial charge in [0.2, 0.25) is 0 Å². The Morgan fingerprint density at radius 3 is 1.49 bits per heavy atom. The van der Waals surface area contributed by atoms with Gasteiger partial charge in [-0.3, -0.25) is 0 Å². The zero-order valence-electron chi connectivity index (χ0n) is 38.8. The topological polar surface area (TPSA) is 3.24 Å². The summed E-state index contributed by atoms with van der Waals surface area (Å²) in [7, 11) is 0. The van der Waals surface area contributed by atoms with Crippen molar-refractivity contribution in [3.8, 4) is 55.6 Å². The Bertz CT molecular complexity index is 3700. The van der Waals surface area contributed by atoms with Crippen LogP contribution in [0, 0.1) is 0 Å². The van der Waals surface area contributed by atoms with Crippen LogP contribution < -0.4 is 4.90 Å². The van der Waals surface area contributed by atoms with E-state index in [9.17, 15) is 0 Å². The first kappa shape index (κ1) is 40.7. The summed E-state index contributed by atoms with van der Waals surface area (Å²) in [4.78, 5) is 2.51. The van der Waals surface area contributed by atoms with Crippen molar-refractivity contribution < 1.29 is 0 Å². The molecule has 69 heavy (non-hydrogen) atoms. The molecule has 0 radical (unpaired) electrons. The van der Waals surface area contributed by atoms with Crippen LogP contribution in [-0.4, -0.2) is 0 Å². The molecule has 13 rings (SSSR count). The second-order valence-electron chi connectivity index (χ2n) is 19.2. The molecule has 2 aliphatic carbocycles. The van der Waals surface area contributed by atoms with Gasteiger partial charge in [0, 0.05) is 22.4 Å². The molecule has 2 aliphatic rings. The highest BCUT2D eigenvalue weighted by Crippen LogP contribution is 2.58. The Morgan fingerprint density at radius 1 is 0.275 bits per heavy atom. The van der Waals surface area contributed by atoms with Gasteiger partial charge < -0.3 is 4.90 Å². The molecule has 0 aromatic heterocycles. The van der Waals surface area contributed by atoms with Crippen molar-refractivity contribution in [2.24, 2.45) is 0 Å². The van der Waals surface area contributed by atoms with Crippen molar-refractivity contribution in [3.63, 3.8) is 0 Å².